The van der Waals surface area contributed by atoms with Crippen LogP contribution in [0.25, 0.3) is 0 Å². The number of amides is 1. The van der Waals surface area contributed by atoms with Gasteiger partial charge < -0.3 is 4.90 Å². The molecule has 0 aromatic rings. The van der Waals surface area contributed by atoms with E-state index in [4.69, 9.17) is 0 Å². The summed E-state index contributed by atoms with van der Waals surface area (Å²) in [6.45, 7) is 0. The van der Waals surface area contributed by atoms with Crippen LogP contribution < -0.4 is 0 Å². The van der Waals surface area contributed by atoms with Gasteiger partial charge in [-0.1, -0.05) is 15.9 Å². The Hall–Kier alpha value is -0.0500. The lowest BCUT2D eigenvalue weighted by atomic mass is 9.96. The molecule has 2 nitrogen and oxygen atoms in total. The van der Waals surface area contributed by atoms with Crippen molar-refractivity contribution in [1.29, 1.82) is 0 Å². The second-order valence-electron chi connectivity index (χ2n) is 6.62. The third-order valence-corrected chi connectivity index (χ3v) is 6.27. The highest BCUT2D eigenvalue weighted by Gasteiger charge is 2.51. The topological polar surface area (TPSA) is 20.3 Å². The molecule has 4 fully saturated rings. The molecule has 0 spiro atoms. The number of carbonyl (C=O) groups excluding carboxylic acids is 1. The second kappa shape index (κ2) is 3.72. The molecule has 0 aromatic heterocycles. The van der Waals surface area contributed by atoms with Crippen molar-refractivity contribution >= 4 is 21.8 Å². The number of fused-ring (bicyclic) bond motifs is 3. The first kappa shape index (κ1) is 10.8. The zero-order chi connectivity index (χ0) is 11.6. The van der Waals surface area contributed by atoms with E-state index in [1.54, 1.807) is 0 Å². The summed E-state index contributed by atoms with van der Waals surface area (Å²) >= 11 is 3.75. The van der Waals surface area contributed by atoms with Gasteiger partial charge in [-0.15, -0.1) is 0 Å². The third kappa shape index (κ3) is 1.68. The normalized spacial score (nSPS) is 51.5. The first-order valence-corrected chi connectivity index (χ1v) is 8.10. The van der Waals surface area contributed by atoms with Gasteiger partial charge in [0, 0.05) is 22.8 Å². The Labute approximate surface area is 111 Å². The van der Waals surface area contributed by atoms with Gasteiger partial charge in [-0.3, -0.25) is 4.79 Å². The molecule has 2 aliphatic heterocycles. The number of alkyl halides is 1. The zero-order valence-corrected chi connectivity index (χ0v) is 11.7. The molecule has 4 aliphatic rings. The molecule has 2 bridgehead atoms. The van der Waals surface area contributed by atoms with E-state index < -0.39 is 0 Å². The fourth-order valence-corrected chi connectivity index (χ4v) is 5.46. The van der Waals surface area contributed by atoms with E-state index in [0.717, 1.165) is 11.8 Å². The summed E-state index contributed by atoms with van der Waals surface area (Å²) in [5, 5.41) is 0. The quantitative estimate of drug-likeness (QED) is 0.682. The van der Waals surface area contributed by atoms with Crippen LogP contribution in [-0.4, -0.2) is 27.7 Å². The summed E-state index contributed by atoms with van der Waals surface area (Å²) in [5.41, 5.74) is 0. The smallest absolute Gasteiger partial charge is 0.226 e. The number of nitrogens with zero attached hydrogens (tertiary/aromatic N) is 1. The van der Waals surface area contributed by atoms with Crippen LogP contribution in [0.1, 0.15) is 44.9 Å². The van der Waals surface area contributed by atoms with Crippen LogP contribution in [0.2, 0.25) is 0 Å². The molecule has 2 saturated carbocycles. The van der Waals surface area contributed by atoms with E-state index in [0.29, 0.717) is 28.7 Å². The van der Waals surface area contributed by atoms with E-state index in [1.807, 2.05) is 0 Å². The fraction of sp³-hybridized carbons (Fsp3) is 0.929. The Morgan fingerprint density at radius 3 is 2.12 bits per heavy atom. The molecule has 94 valence electrons. The maximum absolute atomic E-state index is 12.6. The molecule has 4 unspecified atom stereocenters. The first-order valence-electron chi connectivity index (χ1n) is 7.18. The Morgan fingerprint density at radius 2 is 1.53 bits per heavy atom. The lowest BCUT2D eigenvalue weighted by Gasteiger charge is -2.39. The largest absolute Gasteiger partial charge is 0.336 e. The molecule has 17 heavy (non-hydrogen) atoms. The first-order chi connectivity index (χ1) is 8.22. The standard InChI is InChI=1S/C14H20BrNO/c15-11-6-12-1-2-13(7-11)16(12)14(17)10-4-8-3-9(8)5-10/h8-13H,1-7H2. The van der Waals surface area contributed by atoms with Crippen molar-refractivity contribution in [2.45, 2.75) is 61.9 Å². The molecule has 1 amide bonds. The van der Waals surface area contributed by atoms with Gasteiger partial charge in [-0.25, -0.2) is 0 Å². The van der Waals surface area contributed by atoms with Crippen LogP contribution in [0.4, 0.5) is 0 Å². The van der Waals surface area contributed by atoms with Gasteiger partial charge in [-0.05, 0) is 56.8 Å². The second-order valence-corrected chi connectivity index (χ2v) is 7.92. The Morgan fingerprint density at radius 1 is 0.941 bits per heavy atom. The van der Waals surface area contributed by atoms with Gasteiger partial charge in [0.1, 0.15) is 0 Å². The SMILES string of the molecule is O=C(C1CC2CC2C1)N1C2CCC1CC(Br)C2. The maximum atomic E-state index is 12.6. The average molecular weight is 298 g/mol. The molecule has 0 radical (unpaired) electrons. The van der Waals surface area contributed by atoms with Crippen LogP contribution in [0, 0.1) is 17.8 Å². The van der Waals surface area contributed by atoms with Crippen molar-refractivity contribution in [3.05, 3.63) is 0 Å². The summed E-state index contributed by atoms with van der Waals surface area (Å²) < 4.78 is 0. The predicted molar refractivity (Wildman–Crippen MR) is 69.9 cm³/mol. The number of halogens is 1. The number of piperidine rings is 1. The van der Waals surface area contributed by atoms with Crippen LogP contribution in [0.5, 0.6) is 0 Å². The molecule has 2 heterocycles. The number of rotatable bonds is 1. The highest BCUT2D eigenvalue weighted by atomic mass is 79.9. The van der Waals surface area contributed by atoms with Crippen LogP contribution in [0.15, 0.2) is 0 Å². The van der Waals surface area contributed by atoms with E-state index in [-0.39, 0.29) is 0 Å². The molecule has 3 heteroatoms. The summed E-state index contributed by atoms with van der Waals surface area (Å²) in [6.07, 6.45) is 8.69. The lowest BCUT2D eigenvalue weighted by Crippen LogP contribution is -2.49. The zero-order valence-electron chi connectivity index (χ0n) is 10.1. The molecular formula is C14H20BrNO. The van der Waals surface area contributed by atoms with E-state index in [9.17, 15) is 4.79 Å². The van der Waals surface area contributed by atoms with Crippen molar-refractivity contribution in [1.82, 2.24) is 4.90 Å². The molecule has 2 saturated heterocycles. The molecule has 2 aliphatic carbocycles. The van der Waals surface area contributed by atoms with E-state index in [2.05, 4.69) is 20.8 Å². The molecule has 0 aromatic carbocycles. The van der Waals surface area contributed by atoms with Crippen molar-refractivity contribution in [3.8, 4) is 0 Å². The average Bonchev–Trinajstić information content (AvgIpc) is 2.81. The van der Waals surface area contributed by atoms with Gasteiger partial charge in [-0.2, -0.15) is 0 Å². The lowest BCUT2D eigenvalue weighted by molar-refractivity contribution is -0.140. The summed E-state index contributed by atoms with van der Waals surface area (Å²) in [6, 6.07) is 1.12. The van der Waals surface area contributed by atoms with Gasteiger partial charge in [0.2, 0.25) is 5.91 Å². The molecular weight excluding hydrogens is 278 g/mol. The van der Waals surface area contributed by atoms with E-state index in [1.165, 1.54) is 44.9 Å². The molecule has 0 N–H and O–H groups in total. The number of hydrogen-bond donors (Lipinski definition) is 0. The molecule has 4 rings (SSSR count). The van der Waals surface area contributed by atoms with Crippen molar-refractivity contribution in [2.75, 3.05) is 0 Å². The van der Waals surface area contributed by atoms with Gasteiger partial charge in [0.25, 0.3) is 0 Å². The Balaban J connectivity index is 1.49. The fourth-order valence-electron chi connectivity index (χ4n) is 4.60. The predicted octanol–water partition coefficient (Wildman–Crippen LogP) is 2.95. The Bertz CT molecular complexity index is 334. The van der Waals surface area contributed by atoms with Crippen molar-refractivity contribution < 1.29 is 4.79 Å². The summed E-state index contributed by atoms with van der Waals surface area (Å²) in [5.74, 6) is 2.77. The monoisotopic (exact) mass is 297 g/mol. The Kier molecular flexibility index (Phi) is 2.37. The van der Waals surface area contributed by atoms with Gasteiger partial charge in [0.05, 0.1) is 0 Å². The molecule has 4 atom stereocenters. The minimum Gasteiger partial charge on any atom is -0.336 e. The summed E-state index contributed by atoms with van der Waals surface area (Å²) in [4.78, 5) is 15.6. The minimum absolute atomic E-state index is 0.397. The van der Waals surface area contributed by atoms with Crippen molar-refractivity contribution in [3.63, 3.8) is 0 Å². The number of hydrogen-bond acceptors (Lipinski definition) is 1. The van der Waals surface area contributed by atoms with Crippen LogP contribution in [0.3, 0.4) is 0 Å². The highest BCUT2D eigenvalue weighted by Crippen LogP contribution is 2.55. The van der Waals surface area contributed by atoms with Crippen molar-refractivity contribution in [2.24, 2.45) is 17.8 Å². The third-order valence-electron chi connectivity index (χ3n) is 5.52. The minimum atomic E-state index is 0.397. The van der Waals surface area contributed by atoms with Crippen LogP contribution in [-0.2, 0) is 4.79 Å². The van der Waals surface area contributed by atoms with Gasteiger partial charge >= 0.3 is 0 Å². The van der Waals surface area contributed by atoms with Crippen LogP contribution >= 0.6 is 15.9 Å². The highest BCUT2D eigenvalue weighted by molar-refractivity contribution is 9.09. The summed E-state index contributed by atoms with van der Waals surface area (Å²) in [7, 11) is 0. The van der Waals surface area contributed by atoms with E-state index >= 15 is 0 Å². The van der Waals surface area contributed by atoms with Gasteiger partial charge in [0.15, 0.2) is 0 Å². The number of carbonyl (C=O) groups is 1. The maximum Gasteiger partial charge on any atom is 0.226 e.